The molecular weight excluding hydrogens is 300 g/mol. The fraction of sp³-hybridized carbons (Fsp3) is 0.200. The summed E-state index contributed by atoms with van der Waals surface area (Å²) in [6, 6.07) is 3.10. The third kappa shape index (κ3) is 2.90. The van der Waals surface area contributed by atoms with Gasteiger partial charge in [-0.25, -0.2) is 17.2 Å². The second-order valence-corrected chi connectivity index (χ2v) is 6.27. The topological polar surface area (TPSA) is 64.8 Å². The monoisotopic (exact) mass is 307 g/mol. The Bertz CT molecular complexity index is 730. The molecule has 5 nitrogen and oxygen atoms in total. The average Bonchev–Trinajstić information content (AvgIpc) is 2.64. The molecule has 0 unspecified atom stereocenters. The average molecular weight is 308 g/mol. The number of hydrogen-bond acceptors (Lipinski definition) is 4. The van der Waals surface area contributed by atoms with Gasteiger partial charge >= 0.3 is 0 Å². The van der Waals surface area contributed by atoms with Gasteiger partial charge in [-0.15, -0.1) is 10.2 Å². The number of benzene rings is 1. The van der Waals surface area contributed by atoms with Crippen molar-refractivity contribution in [2.75, 3.05) is 0 Å². The number of aromatic nitrogens is 3. The number of halogens is 3. The first-order valence-corrected chi connectivity index (χ1v) is 7.37. The maximum Gasteiger partial charge on any atom is 0.296 e. The van der Waals surface area contributed by atoms with Gasteiger partial charge in [-0.05, 0) is 11.6 Å². The third-order valence-electron chi connectivity index (χ3n) is 2.51. The van der Waals surface area contributed by atoms with E-state index in [1.165, 1.54) is 13.1 Å². The molecule has 1 aromatic heterocycles. The maximum absolute atomic E-state index is 13.5. The maximum atomic E-state index is 13.5. The summed E-state index contributed by atoms with van der Waals surface area (Å²) in [5.41, 5.74) is 0.176. The molecule has 0 aliphatic heterocycles. The summed E-state index contributed by atoms with van der Waals surface area (Å²) in [7, 11) is 2.54. The van der Waals surface area contributed by atoms with Gasteiger partial charge in [0.25, 0.3) is 14.2 Å². The molecule has 2 rings (SSSR count). The van der Waals surface area contributed by atoms with E-state index in [1.54, 1.807) is 0 Å². The Morgan fingerprint density at radius 2 is 2.00 bits per heavy atom. The quantitative estimate of drug-likeness (QED) is 0.808. The van der Waals surface area contributed by atoms with Crippen LogP contribution in [0.2, 0.25) is 0 Å². The molecule has 0 atom stereocenters. The van der Waals surface area contributed by atoms with E-state index in [2.05, 4.69) is 10.2 Å². The summed E-state index contributed by atoms with van der Waals surface area (Å²) in [5, 5.41) is 6.63. The zero-order valence-electron chi connectivity index (χ0n) is 9.64. The van der Waals surface area contributed by atoms with E-state index in [0.29, 0.717) is 0 Å². The minimum atomic E-state index is -4.01. The van der Waals surface area contributed by atoms with E-state index < -0.39 is 25.8 Å². The molecule has 0 saturated carbocycles. The van der Waals surface area contributed by atoms with Crippen LogP contribution >= 0.6 is 10.7 Å². The highest BCUT2D eigenvalue weighted by molar-refractivity contribution is 8.13. The van der Waals surface area contributed by atoms with Gasteiger partial charge in [0.15, 0.2) is 0 Å². The van der Waals surface area contributed by atoms with E-state index >= 15 is 0 Å². The summed E-state index contributed by atoms with van der Waals surface area (Å²) in [5.74, 6) is -1.23. The minimum Gasteiger partial charge on any atom is -0.304 e. The van der Waals surface area contributed by atoms with Crippen LogP contribution in [0.1, 0.15) is 11.4 Å². The molecule has 1 heterocycles. The van der Waals surface area contributed by atoms with Crippen molar-refractivity contribution in [3.05, 3.63) is 41.2 Å². The first-order valence-electron chi connectivity index (χ1n) is 5.06. The summed E-state index contributed by atoms with van der Waals surface area (Å²) < 4.78 is 49.7. The number of nitrogens with zero attached hydrogens (tertiary/aromatic N) is 3. The Hall–Kier alpha value is -1.54. The zero-order valence-corrected chi connectivity index (χ0v) is 11.2. The molecular formula is C10H8ClF2N3O2S. The van der Waals surface area contributed by atoms with Crippen LogP contribution in [-0.4, -0.2) is 23.2 Å². The van der Waals surface area contributed by atoms with Crippen LogP contribution in [0.3, 0.4) is 0 Å². The van der Waals surface area contributed by atoms with Gasteiger partial charge in [0.1, 0.15) is 17.5 Å². The van der Waals surface area contributed by atoms with Gasteiger partial charge in [0.05, 0.1) is 0 Å². The van der Waals surface area contributed by atoms with Crippen molar-refractivity contribution in [2.45, 2.75) is 11.6 Å². The molecule has 19 heavy (non-hydrogen) atoms. The van der Waals surface area contributed by atoms with Gasteiger partial charge in [-0.3, -0.25) is 0 Å². The lowest BCUT2D eigenvalue weighted by Crippen LogP contribution is -2.06. The van der Waals surface area contributed by atoms with E-state index in [9.17, 15) is 17.2 Å². The second kappa shape index (κ2) is 4.86. The smallest absolute Gasteiger partial charge is 0.296 e. The molecule has 0 fully saturated rings. The minimum absolute atomic E-state index is 0.0258. The molecule has 0 amide bonds. The van der Waals surface area contributed by atoms with E-state index in [4.69, 9.17) is 10.7 Å². The summed E-state index contributed by atoms with van der Waals surface area (Å²) >= 11 is 0. The predicted octanol–water partition coefficient (Wildman–Crippen LogP) is 1.61. The van der Waals surface area contributed by atoms with Crippen LogP contribution in [0, 0.1) is 11.6 Å². The Morgan fingerprint density at radius 1 is 1.32 bits per heavy atom. The molecule has 0 bridgehead atoms. The van der Waals surface area contributed by atoms with Crippen LogP contribution < -0.4 is 0 Å². The van der Waals surface area contributed by atoms with Gasteiger partial charge in [0.2, 0.25) is 0 Å². The van der Waals surface area contributed by atoms with Crippen LogP contribution in [0.15, 0.2) is 23.4 Å². The third-order valence-corrected chi connectivity index (χ3v) is 3.71. The lowest BCUT2D eigenvalue weighted by atomic mass is 10.1. The van der Waals surface area contributed by atoms with E-state index in [-0.39, 0.29) is 17.8 Å². The summed E-state index contributed by atoms with van der Waals surface area (Å²) in [6.07, 6.45) is -0.0258. The highest BCUT2D eigenvalue weighted by Crippen LogP contribution is 2.17. The van der Waals surface area contributed by atoms with Crippen LogP contribution in [-0.2, 0) is 22.5 Å². The molecule has 0 aliphatic carbocycles. The molecule has 0 saturated heterocycles. The first kappa shape index (κ1) is 13.9. The lowest BCUT2D eigenvalue weighted by Gasteiger charge is -2.03. The Labute approximate surface area is 112 Å². The van der Waals surface area contributed by atoms with Gasteiger partial charge in [-0.2, -0.15) is 0 Å². The van der Waals surface area contributed by atoms with E-state index in [0.717, 1.165) is 16.7 Å². The lowest BCUT2D eigenvalue weighted by molar-refractivity contribution is 0.571. The molecule has 0 radical (unpaired) electrons. The molecule has 0 aliphatic rings. The van der Waals surface area contributed by atoms with Crippen molar-refractivity contribution < 1.29 is 17.2 Å². The predicted molar refractivity (Wildman–Crippen MR) is 63.2 cm³/mol. The Kier molecular flexibility index (Phi) is 3.55. The van der Waals surface area contributed by atoms with Crippen molar-refractivity contribution in [2.24, 2.45) is 7.05 Å². The molecule has 102 valence electrons. The fourth-order valence-corrected chi connectivity index (χ4v) is 2.52. The zero-order chi connectivity index (χ0) is 14.2. The molecule has 0 spiro atoms. The molecule has 0 N–H and O–H groups in total. The normalized spacial score (nSPS) is 11.8. The summed E-state index contributed by atoms with van der Waals surface area (Å²) in [4.78, 5) is 0. The van der Waals surface area contributed by atoms with Crippen LogP contribution in [0.5, 0.6) is 0 Å². The van der Waals surface area contributed by atoms with E-state index in [1.807, 2.05) is 0 Å². The van der Waals surface area contributed by atoms with Crippen molar-refractivity contribution >= 4 is 19.7 Å². The molecule has 9 heteroatoms. The van der Waals surface area contributed by atoms with Crippen molar-refractivity contribution in [3.63, 3.8) is 0 Å². The highest BCUT2D eigenvalue weighted by atomic mass is 35.7. The van der Waals surface area contributed by atoms with Crippen LogP contribution in [0.4, 0.5) is 8.78 Å². The Balaban J connectivity index is 2.37. The molecule has 2 aromatic rings. The highest BCUT2D eigenvalue weighted by Gasteiger charge is 2.20. The van der Waals surface area contributed by atoms with Gasteiger partial charge in [-0.1, -0.05) is 6.07 Å². The second-order valence-electron chi connectivity index (χ2n) is 3.81. The van der Waals surface area contributed by atoms with Gasteiger partial charge in [0, 0.05) is 30.2 Å². The van der Waals surface area contributed by atoms with Crippen LogP contribution in [0.25, 0.3) is 0 Å². The van der Waals surface area contributed by atoms with Crippen molar-refractivity contribution in [1.29, 1.82) is 0 Å². The number of rotatable bonds is 3. The van der Waals surface area contributed by atoms with Gasteiger partial charge < -0.3 is 4.57 Å². The first-order chi connectivity index (χ1) is 8.79. The Morgan fingerprint density at radius 3 is 2.53 bits per heavy atom. The van der Waals surface area contributed by atoms with Crippen molar-refractivity contribution in [3.8, 4) is 0 Å². The largest absolute Gasteiger partial charge is 0.304 e. The molecule has 1 aromatic carbocycles. The van der Waals surface area contributed by atoms with Crippen molar-refractivity contribution in [1.82, 2.24) is 14.8 Å². The SMILES string of the molecule is Cn1c(Cc2ccc(F)cc2F)nnc1S(=O)(=O)Cl. The standard InChI is InChI=1S/C10H8ClF2N3O2S/c1-16-9(14-15-10(16)19(11,17)18)4-6-2-3-7(12)5-8(6)13/h2-3,5H,4H2,1H3. The number of hydrogen-bond donors (Lipinski definition) is 0. The summed E-state index contributed by atoms with van der Waals surface area (Å²) in [6.45, 7) is 0. The fourth-order valence-electron chi connectivity index (χ4n) is 1.55.